The third-order valence-electron chi connectivity index (χ3n) is 5.44. The van der Waals surface area contributed by atoms with E-state index in [1.165, 1.54) is 13.2 Å². The topological polar surface area (TPSA) is 134 Å². The Morgan fingerprint density at radius 3 is 2.74 bits per heavy atom. The number of para-hydroxylation sites is 1. The van der Waals surface area contributed by atoms with Gasteiger partial charge in [-0.25, -0.2) is 14.4 Å². The van der Waals surface area contributed by atoms with Crippen LogP contribution < -0.4 is 20.1 Å². The van der Waals surface area contributed by atoms with Gasteiger partial charge in [-0.1, -0.05) is 41.4 Å². The van der Waals surface area contributed by atoms with E-state index in [9.17, 15) is 19.1 Å². The monoisotopic (exact) mass is 573 g/mol. The Morgan fingerprint density at radius 1 is 1.26 bits per heavy atom. The number of amides is 2. The van der Waals surface area contributed by atoms with Crippen molar-refractivity contribution in [1.29, 1.82) is 0 Å². The van der Waals surface area contributed by atoms with E-state index >= 15 is 0 Å². The Hall–Kier alpha value is -4.06. The summed E-state index contributed by atoms with van der Waals surface area (Å²) in [5.74, 6) is -2.58. The van der Waals surface area contributed by atoms with Crippen LogP contribution in [-0.4, -0.2) is 59.9 Å². The van der Waals surface area contributed by atoms with Crippen molar-refractivity contribution in [2.24, 2.45) is 9.98 Å². The van der Waals surface area contributed by atoms with Gasteiger partial charge in [-0.15, -0.1) is 0 Å². The lowest BCUT2D eigenvalue weighted by molar-refractivity contribution is -0.117. The number of benzodiazepines with no additional fused rings is 1. The maximum absolute atomic E-state index is 14.1. The van der Waals surface area contributed by atoms with Crippen LogP contribution in [0.15, 0.2) is 58.6 Å². The molecule has 0 spiro atoms. The number of nitrogens with one attached hydrogen (secondary N) is 2. The van der Waals surface area contributed by atoms with Gasteiger partial charge in [-0.3, -0.25) is 14.6 Å². The number of benzene rings is 2. The molecule has 0 bridgehead atoms. The van der Waals surface area contributed by atoms with E-state index < -0.39 is 30.4 Å². The van der Waals surface area contributed by atoms with Crippen LogP contribution in [0.5, 0.6) is 11.6 Å². The molecule has 202 valence electrons. The summed E-state index contributed by atoms with van der Waals surface area (Å²) >= 11 is 12.7. The maximum Gasteiger partial charge on any atom is 0.269 e. The van der Waals surface area contributed by atoms with Crippen molar-refractivity contribution in [3.05, 3.63) is 81.2 Å². The molecule has 1 unspecified atom stereocenters. The van der Waals surface area contributed by atoms with E-state index in [1.807, 2.05) is 0 Å². The zero-order valence-electron chi connectivity index (χ0n) is 20.7. The first-order valence-corrected chi connectivity index (χ1v) is 12.3. The second-order valence-corrected chi connectivity index (χ2v) is 8.83. The lowest BCUT2D eigenvalue weighted by atomic mass is 9.99. The van der Waals surface area contributed by atoms with Crippen molar-refractivity contribution in [3.8, 4) is 11.6 Å². The molecule has 1 aliphatic rings. The van der Waals surface area contributed by atoms with Crippen LogP contribution in [0.25, 0.3) is 0 Å². The number of carbonyl (C=O) groups is 2. The molecule has 1 atom stereocenters. The minimum atomic E-state index is -1.49. The molecule has 4 rings (SSSR count). The number of halogens is 3. The van der Waals surface area contributed by atoms with Crippen LogP contribution in [-0.2, 0) is 4.79 Å². The highest BCUT2D eigenvalue weighted by Crippen LogP contribution is 2.35. The average Bonchev–Trinajstić information content (AvgIpc) is 3.04. The number of aliphatic hydroxyl groups excluding tert-OH is 1. The Kier molecular flexibility index (Phi) is 8.75. The minimum absolute atomic E-state index is 0.127. The predicted molar refractivity (Wildman–Crippen MR) is 145 cm³/mol. The highest BCUT2D eigenvalue weighted by molar-refractivity contribution is 6.39. The number of methoxy groups -OCH3 is 1. The number of anilines is 1. The zero-order valence-corrected chi connectivity index (χ0v) is 22.2. The van der Waals surface area contributed by atoms with Gasteiger partial charge in [0.05, 0.1) is 35.3 Å². The van der Waals surface area contributed by atoms with Gasteiger partial charge in [-0.2, -0.15) is 0 Å². The van der Waals surface area contributed by atoms with Gasteiger partial charge in [0.1, 0.15) is 23.7 Å². The Labute approximate surface area is 232 Å². The molecular formula is C26H22Cl2FN5O5. The summed E-state index contributed by atoms with van der Waals surface area (Å²) in [4.78, 5) is 38.8. The van der Waals surface area contributed by atoms with Crippen molar-refractivity contribution in [3.63, 3.8) is 0 Å². The molecule has 2 amide bonds. The first kappa shape index (κ1) is 28.0. The van der Waals surface area contributed by atoms with Crippen LogP contribution in [0.3, 0.4) is 0 Å². The quantitative estimate of drug-likeness (QED) is 0.290. The number of ether oxygens (including phenoxy) is 2. The second kappa shape index (κ2) is 12.2. The molecule has 13 heteroatoms. The highest BCUT2D eigenvalue weighted by atomic mass is 35.5. The zero-order chi connectivity index (χ0) is 28.1. The van der Waals surface area contributed by atoms with Gasteiger partial charge < -0.3 is 25.2 Å². The Balaban J connectivity index is 1.79. The number of aliphatic imine (C=N–C) groups is 2. The standard InChI is InChI=1S/C26H22Cl2FN5O5/c1-3-30-20(12-35)39-26-16(10-14(29)11-31-26)24(36)34-23-25(37)32-18-7-5-4-6-15(18)22(33-23)21-17(28)8-13(27)9-19(21)38-2/h4-11,23,35H,3,12H2,1-2H3,(H,32,37)(H,34,36). The Bertz CT molecular complexity index is 1500. The van der Waals surface area contributed by atoms with Crippen molar-refractivity contribution in [2.75, 3.05) is 25.6 Å². The summed E-state index contributed by atoms with van der Waals surface area (Å²) in [5, 5.41) is 15.2. The van der Waals surface area contributed by atoms with Gasteiger partial charge in [0.25, 0.3) is 11.8 Å². The fraction of sp³-hybridized carbons (Fsp3) is 0.192. The van der Waals surface area contributed by atoms with Crippen molar-refractivity contribution in [2.45, 2.75) is 13.1 Å². The summed E-state index contributed by atoms with van der Waals surface area (Å²) in [6, 6.07) is 10.8. The molecule has 0 fully saturated rings. The summed E-state index contributed by atoms with van der Waals surface area (Å²) in [6.45, 7) is 1.43. The number of fused-ring (bicyclic) bond motifs is 1. The van der Waals surface area contributed by atoms with E-state index in [0.717, 1.165) is 12.3 Å². The molecule has 0 saturated heterocycles. The molecule has 3 N–H and O–H groups in total. The largest absolute Gasteiger partial charge is 0.496 e. The van der Waals surface area contributed by atoms with Crippen molar-refractivity contribution >= 4 is 52.3 Å². The third-order valence-corrected chi connectivity index (χ3v) is 5.95. The van der Waals surface area contributed by atoms with Crippen molar-refractivity contribution < 1.29 is 28.6 Å². The minimum Gasteiger partial charge on any atom is -0.496 e. The van der Waals surface area contributed by atoms with Crippen molar-refractivity contribution in [1.82, 2.24) is 10.3 Å². The SMILES string of the molecule is CCN=C(CO)Oc1ncc(F)cc1C(=O)NC1N=C(c2c(Cl)cc(Cl)cc2OC)c2ccccc2NC1=O. The molecular weight excluding hydrogens is 552 g/mol. The number of hydrogen-bond donors (Lipinski definition) is 3. The number of rotatable bonds is 7. The lowest BCUT2D eigenvalue weighted by Crippen LogP contribution is -2.42. The smallest absolute Gasteiger partial charge is 0.269 e. The average molecular weight is 574 g/mol. The molecule has 2 aromatic carbocycles. The third kappa shape index (κ3) is 6.17. The first-order valence-electron chi connectivity index (χ1n) is 11.6. The van der Waals surface area contributed by atoms with Crippen LogP contribution in [0.4, 0.5) is 10.1 Å². The van der Waals surface area contributed by atoms with Gasteiger partial charge in [0.2, 0.25) is 17.9 Å². The molecule has 0 saturated carbocycles. The molecule has 10 nitrogen and oxygen atoms in total. The van der Waals surface area contributed by atoms with E-state index in [4.69, 9.17) is 32.7 Å². The molecule has 1 aliphatic heterocycles. The normalized spacial score (nSPS) is 15.0. The molecule has 0 aliphatic carbocycles. The predicted octanol–water partition coefficient (Wildman–Crippen LogP) is 3.87. The lowest BCUT2D eigenvalue weighted by Gasteiger charge is -2.16. The summed E-state index contributed by atoms with van der Waals surface area (Å²) in [5.41, 5.74) is 1.14. The van der Waals surface area contributed by atoms with Gasteiger partial charge in [-0.05, 0) is 31.2 Å². The van der Waals surface area contributed by atoms with E-state index in [2.05, 4.69) is 25.6 Å². The van der Waals surface area contributed by atoms with Crippen LogP contribution >= 0.6 is 23.2 Å². The van der Waals surface area contributed by atoms with Crippen LogP contribution in [0, 0.1) is 5.82 Å². The van der Waals surface area contributed by atoms with E-state index in [-0.39, 0.29) is 40.4 Å². The number of carbonyl (C=O) groups excluding carboxylic acids is 2. The highest BCUT2D eigenvalue weighted by Gasteiger charge is 2.31. The van der Waals surface area contributed by atoms with Gasteiger partial charge >= 0.3 is 0 Å². The molecule has 1 aromatic heterocycles. The van der Waals surface area contributed by atoms with Crippen LogP contribution in [0.2, 0.25) is 10.0 Å². The number of aromatic nitrogens is 1. The number of aliphatic hydroxyl groups is 1. The molecule has 3 aromatic rings. The fourth-order valence-electron chi connectivity index (χ4n) is 3.77. The number of hydrogen-bond acceptors (Lipinski definition) is 8. The van der Waals surface area contributed by atoms with E-state index in [0.29, 0.717) is 21.8 Å². The number of nitrogens with zero attached hydrogens (tertiary/aromatic N) is 3. The molecule has 2 heterocycles. The fourth-order valence-corrected chi connectivity index (χ4v) is 4.33. The van der Waals surface area contributed by atoms with E-state index in [1.54, 1.807) is 37.3 Å². The second-order valence-electron chi connectivity index (χ2n) is 7.99. The van der Waals surface area contributed by atoms with Gasteiger partial charge in [0.15, 0.2) is 0 Å². The summed E-state index contributed by atoms with van der Waals surface area (Å²) in [7, 11) is 1.43. The molecule has 0 radical (unpaired) electrons. The first-order chi connectivity index (χ1) is 18.7. The molecule has 39 heavy (non-hydrogen) atoms. The summed E-state index contributed by atoms with van der Waals surface area (Å²) < 4.78 is 25.0. The van der Waals surface area contributed by atoms with Crippen LogP contribution in [0.1, 0.15) is 28.4 Å². The maximum atomic E-state index is 14.1. The van der Waals surface area contributed by atoms with Gasteiger partial charge in [0, 0.05) is 17.1 Å². The summed E-state index contributed by atoms with van der Waals surface area (Å²) in [6.07, 6.45) is -0.651. The number of pyridine rings is 1. The Morgan fingerprint density at radius 2 is 2.03 bits per heavy atom.